The summed E-state index contributed by atoms with van der Waals surface area (Å²) in [5.74, 6) is 0.436. The van der Waals surface area contributed by atoms with E-state index in [1.807, 2.05) is 4.90 Å². The summed E-state index contributed by atoms with van der Waals surface area (Å²) < 4.78 is 0. The molecule has 7 heteroatoms. The molecule has 1 aromatic heterocycles. The first kappa shape index (κ1) is 12.7. The quantitative estimate of drug-likeness (QED) is 0.604. The van der Waals surface area contributed by atoms with Crippen molar-refractivity contribution in [3.8, 4) is 0 Å². The summed E-state index contributed by atoms with van der Waals surface area (Å²) in [7, 11) is 0. The maximum atomic E-state index is 10.9. The maximum Gasteiger partial charge on any atom is 0.311 e. The molecule has 2 heterocycles. The number of pyridine rings is 1. The number of hydrogen-bond acceptors (Lipinski definition) is 6. The van der Waals surface area contributed by atoms with Crippen LogP contribution in [-0.2, 0) is 0 Å². The molecule has 0 spiro atoms. The SMILES string of the molecule is O=[N+]([O-])c1cccnc1N1CCN(CCO)CC1. The van der Waals surface area contributed by atoms with E-state index in [-0.39, 0.29) is 12.3 Å². The fraction of sp³-hybridized carbons (Fsp3) is 0.545. The van der Waals surface area contributed by atoms with Crippen LogP contribution in [0.5, 0.6) is 0 Å². The molecule has 0 radical (unpaired) electrons. The first-order valence-electron chi connectivity index (χ1n) is 5.90. The molecule has 1 aliphatic heterocycles. The van der Waals surface area contributed by atoms with Crippen molar-refractivity contribution < 1.29 is 10.0 Å². The predicted octanol–water partition coefficient (Wildman–Crippen LogP) is 0.104. The highest BCUT2D eigenvalue weighted by atomic mass is 16.6. The van der Waals surface area contributed by atoms with Gasteiger partial charge in [-0.2, -0.15) is 0 Å². The third-order valence-corrected chi connectivity index (χ3v) is 3.05. The van der Waals surface area contributed by atoms with E-state index in [4.69, 9.17) is 5.11 Å². The molecule has 0 saturated carbocycles. The van der Waals surface area contributed by atoms with Gasteiger partial charge in [0.1, 0.15) is 0 Å². The molecule has 0 amide bonds. The lowest BCUT2D eigenvalue weighted by Crippen LogP contribution is -2.47. The zero-order chi connectivity index (χ0) is 13.0. The molecule has 1 aromatic rings. The summed E-state index contributed by atoms with van der Waals surface area (Å²) in [4.78, 5) is 18.7. The minimum Gasteiger partial charge on any atom is -0.395 e. The van der Waals surface area contributed by atoms with Gasteiger partial charge in [-0.05, 0) is 6.07 Å². The van der Waals surface area contributed by atoms with E-state index < -0.39 is 4.92 Å². The summed E-state index contributed by atoms with van der Waals surface area (Å²) in [5.41, 5.74) is 0.0492. The van der Waals surface area contributed by atoms with Crippen molar-refractivity contribution in [1.82, 2.24) is 9.88 Å². The fourth-order valence-corrected chi connectivity index (χ4v) is 2.10. The summed E-state index contributed by atoms with van der Waals surface area (Å²) in [5, 5.41) is 19.8. The van der Waals surface area contributed by atoms with Crippen molar-refractivity contribution in [2.75, 3.05) is 44.2 Å². The predicted molar refractivity (Wildman–Crippen MR) is 66.6 cm³/mol. The Morgan fingerprint density at radius 3 is 2.72 bits per heavy atom. The van der Waals surface area contributed by atoms with Crippen LogP contribution >= 0.6 is 0 Å². The van der Waals surface area contributed by atoms with E-state index in [0.717, 1.165) is 13.1 Å². The van der Waals surface area contributed by atoms with E-state index in [9.17, 15) is 10.1 Å². The first-order chi connectivity index (χ1) is 8.72. The summed E-state index contributed by atoms with van der Waals surface area (Å²) in [6.07, 6.45) is 1.57. The Bertz CT molecular complexity index is 419. The number of rotatable bonds is 4. The molecule has 0 atom stereocenters. The number of hydrogen-bond donors (Lipinski definition) is 1. The van der Waals surface area contributed by atoms with Gasteiger partial charge < -0.3 is 10.0 Å². The zero-order valence-corrected chi connectivity index (χ0v) is 10.0. The minimum atomic E-state index is -0.400. The molecule has 0 aromatic carbocycles. The van der Waals surface area contributed by atoms with Crippen molar-refractivity contribution >= 4 is 11.5 Å². The average molecular weight is 252 g/mol. The van der Waals surface area contributed by atoms with E-state index in [1.165, 1.54) is 6.07 Å². The Kier molecular flexibility index (Phi) is 4.06. The van der Waals surface area contributed by atoms with Crippen molar-refractivity contribution in [3.63, 3.8) is 0 Å². The standard InChI is InChI=1S/C11H16N4O3/c16-9-8-13-4-6-14(7-5-13)11-10(15(17)18)2-1-3-12-11/h1-3,16H,4-9H2. The molecular weight excluding hydrogens is 236 g/mol. The normalized spacial score (nSPS) is 16.8. The Morgan fingerprint density at radius 2 is 2.11 bits per heavy atom. The second-order valence-corrected chi connectivity index (χ2v) is 4.16. The summed E-state index contributed by atoms with van der Waals surface area (Å²) >= 11 is 0. The second kappa shape index (κ2) is 5.74. The van der Waals surface area contributed by atoms with Gasteiger partial charge in [-0.15, -0.1) is 0 Å². The van der Waals surface area contributed by atoms with Gasteiger partial charge in [0.05, 0.1) is 11.5 Å². The molecule has 7 nitrogen and oxygen atoms in total. The van der Waals surface area contributed by atoms with Crippen molar-refractivity contribution in [1.29, 1.82) is 0 Å². The fourth-order valence-electron chi connectivity index (χ4n) is 2.10. The van der Waals surface area contributed by atoms with Crippen LogP contribution < -0.4 is 4.90 Å². The monoisotopic (exact) mass is 252 g/mol. The lowest BCUT2D eigenvalue weighted by Gasteiger charge is -2.34. The number of anilines is 1. The molecule has 0 bridgehead atoms. The Morgan fingerprint density at radius 1 is 1.39 bits per heavy atom. The molecule has 0 unspecified atom stereocenters. The Balaban J connectivity index is 2.07. The van der Waals surface area contributed by atoms with Crippen LogP contribution in [0.1, 0.15) is 0 Å². The number of aliphatic hydroxyl groups is 1. The smallest absolute Gasteiger partial charge is 0.311 e. The Hall–Kier alpha value is -1.73. The molecule has 2 rings (SSSR count). The number of β-amino-alcohol motifs (C(OH)–C–C–N with tert-alkyl or cyclic N) is 1. The van der Waals surface area contributed by atoms with Crippen molar-refractivity contribution in [3.05, 3.63) is 28.4 Å². The lowest BCUT2D eigenvalue weighted by atomic mass is 10.3. The number of aliphatic hydroxyl groups excluding tert-OH is 1. The maximum absolute atomic E-state index is 10.9. The second-order valence-electron chi connectivity index (χ2n) is 4.16. The van der Waals surface area contributed by atoms with Crippen LogP contribution in [0.2, 0.25) is 0 Å². The topological polar surface area (TPSA) is 82.7 Å². The molecule has 1 fully saturated rings. The lowest BCUT2D eigenvalue weighted by molar-refractivity contribution is -0.384. The van der Waals surface area contributed by atoms with Gasteiger partial charge in [-0.1, -0.05) is 0 Å². The van der Waals surface area contributed by atoms with Crippen LogP contribution in [0.25, 0.3) is 0 Å². The molecular formula is C11H16N4O3. The minimum absolute atomic E-state index is 0.0492. The van der Waals surface area contributed by atoms with E-state index in [0.29, 0.717) is 25.5 Å². The van der Waals surface area contributed by atoms with Crippen LogP contribution in [0.4, 0.5) is 11.5 Å². The van der Waals surface area contributed by atoms with E-state index in [2.05, 4.69) is 9.88 Å². The van der Waals surface area contributed by atoms with Crippen molar-refractivity contribution in [2.45, 2.75) is 0 Å². The van der Waals surface area contributed by atoms with Crippen molar-refractivity contribution in [2.24, 2.45) is 0 Å². The average Bonchev–Trinajstić information content (AvgIpc) is 2.40. The number of nitrogens with zero attached hydrogens (tertiary/aromatic N) is 4. The Labute approximate surface area is 105 Å². The molecule has 18 heavy (non-hydrogen) atoms. The molecule has 1 N–H and O–H groups in total. The van der Waals surface area contributed by atoms with Gasteiger partial charge in [0.2, 0.25) is 5.82 Å². The summed E-state index contributed by atoms with van der Waals surface area (Å²) in [6.45, 7) is 3.75. The number of nitro groups is 1. The molecule has 0 aliphatic carbocycles. The largest absolute Gasteiger partial charge is 0.395 e. The third-order valence-electron chi connectivity index (χ3n) is 3.05. The van der Waals surface area contributed by atoms with Gasteiger partial charge in [-0.25, -0.2) is 4.98 Å². The highest BCUT2D eigenvalue weighted by Gasteiger charge is 2.24. The van der Waals surface area contributed by atoms with Gasteiger partial charge in [0.25, 0.3) is 0 Å². The van der Waals surface area contributed by atoms with E-state index in [1.54, 1.807) is 12.3 Å². The molecule has 1 saturated heterocycles. The van der Waals surface area contributed by atoms with Gasteiger partial charge in [0, 0.05) is 45.0 Å². The number of piperazine rings is 1. The highest BCUT2D eigenvalue weighted by Crippen LogP contribution is 2.25. The van der Waals surface area contributed by atoms with Gasteiger partial charge >= 0.3 is 5.69 Å². The van der Waals surface area contributed by atoms with Gasteiger partial charge in [-0.3, -0.25) is 15.0 Å². The van der Waals surface area contributed by atoms with E-state index >= 15 is 0 Å². The summed E-state index contributed by atoms with van der Waals surface area (Å²) in [6, 6.07) is 3.05. The highest BCUT2D eigenvalue weighted by molar-refractivity contribution is 5.57. The van der Waals surface area contributed by atoms with Crippen LogP contribution in [0.3, 0.4) is 0 Å². The third kappa shape index (κ3) is 2.74. The number of aromatic nitrogens is 1. The molecule has 1 aliphatic rings. The van der Waals surface area contributed by atoms with Gasteiger partial charge in [0.15, 0.2) is 0 Å². The molecule has 98 valence electrons. The zero-order valence-electron chi connectivity index (χ0n) is 10.0. The first-order valence-corrected chi connectivity index (χ1v) is 5.90. The van der Waals surface area contributed by atoms with Crippen LogP contribution in [0.15, 0.2) is 18.3 Å². The van der Waals surface area contributed by atoms with Crippen LogP contribution in [0, 0.1) is 10.1 Å². The van der Waals surface area contributed by atoms with Crippen LogP contribution in [-0.4, -0.2) is 59.2 Å².